The molecule has 0 atom stereocenters. The number of nitrogens with one attached hydrogen (secondary N) is 1. The zero-order chi connectivity index (χ0) is 10.7. The van der Waals surface area contributed by atoms with Crippen molar-refractivity contribution in [2.24, 2.45) is 0 Å². The Morgan fingerprint density at radius 3 is 3.07 bits per heavy atom. The first-order chi connectivity index (χ1) is 7.31. The van der Waals surface area contributed by atoms with Crippen LogP contribution in [0.15, 0.2) is 29.6 Å². The molecule has 0 saturated heterocycles. The predicted molar refractivity (Wildman–Crippen MR) is 60.7 cm³/mol. The first kappa shape index (κ1) is 9.69. The van der Waals surface area contributed by atoms with E-state index in [1.54, 1.807) is 11.3 Å². The van der Waals surface area contributed by atoms with Crippen LogP contribution in [0.25, 0.3) is 10.1 Å². The van der Waals surface area contributed by atoms with Crippen LogP contribution in [0, 0.1) is 11.3 Å². The first-order valence-corrected chi connectivity index (χ1v) is 5.32. The van der Waals surface area contributed by atoms with Gasteiger partial charge in [0.05, 0.1) is 11.8 Å². The van der Waals surface area contributed by atoms with Gasteiger partial charge in [-0.25, -0.2) is 0 Å². The van der Waals surface area contributed by atoms with Gasteiger partial charge in [-0.15, -0.1) is 11.3 Å². The van der Waals surface area contributed by atoms with Gasteiger partial charge in [0.2, 0.25) is 5.91 Å². The second kappa shape index (κ2) is 4.11. The maximum atomic E-state index is 11.2. The standard InChI is InChI=1S/C11H8N2OS/c12-6-5-11(14)13-9-7-15-10-4-2-1-3-8(9)10/h1-4,7H,5H2,(H,13,14). The van der Waals surface area contributed by atoms with E-state index in [-0.39, 0.29) is 12.3 Å². The second-order valence-corrected chi connectivity index (χ2v) is 3.94. The molecule has 0 spiro atoms. The van der Waals surface area contributed by atoms with E-state index in [0.717, 1.165) is 15.8 Å². The van der Waals surface area contributed by atoms with Crippen LogP contribution in [0.1, 0.15) is 6.42 Å². The van der Waals surface area contributed by atoms with Gasteiger partial charge < -0.3 is 5.32 Å². The van der Waals surface area contributed by atoms with E-state index in [1.165, 1.54) is 0 Å². The summed E-state index contributed by atoms with van der Waals surface area (Å²) in [6.07, 6.45) is -0.107. The number of rotatable bonds is 2. The highest BCUT2D eigenvalue weighted by atomic mass is 32.1. The van der Waals surface area contributed by atoms with Crippen molar-refractivity contribution in [1.29, 1.82) is 5.26 Å². The summed E-state index contributed by atoms with van der Waals surface area (Å²) in [6, 6.07) is 9.66. The summed E-state index contributed by atoms with van der Waals surface area (Å²) >= 11 is 1.58. The Morgan fingerprint density at radius 1 is 1.47 bits per heavy atom. The largest absolute Gasteiger partial charge is 0.324 e. The van der Waals surface area contributed by atoms with Gasteiger partial charge >= 0.3 is 0 Å². The zero-order valence-electron chi connectivity index (χ0n) is 7.86. The van der Waals surface area contributed by atoms with E-state index >= 15 is 0 Å². The lowest BCUT2D eigenvalue weighted by Crippen LogP contribution is -2.09. The summed E-state index contributed by atoms with van der Waals surface area (Å²) in [5, 5.41) is 14.0. The topological polar surface area (TPSA) is 52.9 Å². The lowest BCUT2D eigenvalue weighted by molar-refractivity contribution is -0.115. The number of carbonyl (C=O) groups is 1. The Hall–Kier alpha value is -1.86. The van der Waals surface area contributed by atoms with E-state index < -0.39 is 0 Å². The Bertz CT molecular complexity index is 539. The van der Waals surface area contributed by atoms with E-state index in [4.69, 9.17) is 5.26 Å². The van der Waals surface area contributed by atoms with Crippen LogP contribution in [0.5, 0.6) is 0 Å². The molecule has 3 nitrogen and oxygen atoms in total. The van der Waals surface area contributed by atoms with Crippen molar-refractivity contribution >= 4 is 33.0 Å². The second-order valence-electron chi connectivity index (χ2n) is 3.03. The van der Waals surface area contributed by atoms with Crippen LogP contribution >= 0.6 is 11.3 Å². The van der Waals surface area contributed by atoms with Gasteiger partial charge in [-0.2, -0.15) is 5.26 Å². The Kier molecular flexibility index (Phi) is 2.66. The molecule has 1 amide bonds. The van der Waals surface area contributed by atoms with Crippen LogP contribution in [-0.2, 0) is 4.79 Å². The molecule has 0 radical (unpaired) electrons. The number of fused-ring (bicyclic) bond motifs is 1. The third-order valence-corrected chi connectivity index (χ3v) is 2.96. The number of nitrogens with zero attached hydrogens (tertiary/aromatic N) is 1. The molecule has 0 aliphatic carbocycles. The minimum absolute atomic E-state index is 0.107. The number of nitriles is 1. The molecular formula is C11H8N2OS. The highest BCUT2D eigenvalue weighted by Gasteiger charge is 2.06. The monoisotopic (exact) mass is 216 g/mol. The minimum Gasteiger partial charge on any atom is -0.324 e. The minimum atomic E-state index is -0.263. The maximum Gasteiger partial charge on any atom is 0.238 e. The van der Waals surface area contributed by atoms with Crippen molar-refractivity contribution in [3.05, 3.63) is 29.6 Å². The lowest BCUT2D eigenvalue weighted by atomic mass is 10.2. The van der Waals surface area contributed by atoms with Crippen LogP contribution in [0.3, 0.4) is 0 Å². The first-order valence-electron chi connectivity index (χ1n) is 4.44. The van der Waals surface area contributed by atoms with Gasteiger partial charge in [0.25, 0.3) is 0 Å². The summed E-state index contributed by atoms with van der Waals surface area (Å²) in [7, 11) is 0. The molecule has 2 aromatic rings. The highest BCUT2D eigenvalue weighted by Crippen LogP contribution is 2.29. The highest BCUT2D eigenvalue weighted by molar-refractivity contribution is 7.17. The molecule has 1 N–H and O–H groups in total. The normalized spacial score (nSPS) is 9.80. The molecule has 1 aromatic carbocycles. The fraction of sp³-hybridized carbons (Fsp3) is 0.0909. The maximum absolute atomic E-state index is 11.2. The SMILES string of the molecule is N#CCC(=O)Nc1csc2ccccc12. The van der Waals surface area contributed by atoms with E-state index in [1.807, 2.05) is 35.7 Å². The number of hydrogen-bond donors (Lipinski definition) is 1. The van der Waals surface area contributed by atoms with E-state index in [9.17, 15) is 4.79 Å². The average Bonchev–Trinajstić information content (AvgIpc) is 2.62. The molecule has 0 unspecified atom stereocenters. The van der Waals surface area contributed by atoms with Gasteiger partial charge in [-0.05, 0) is 6.07 Å². The third kappa shape index (κ3) is 1.97. The molecule has 74 valence electrons. The van der Waals surface area contributed by atoms with E-state index in [0.29, 0.717) is 0 Å². The van der Waals surface area contributed by atoms with Gasteiger partial charge in [0.15, 0.2) is 0 Å². The predicted octanol–water partition coefficient (Wildman–Crippen LogP) is 2.75. The van der Waals surface area contributed by atoms with Gasteiger partial charge in [-0.3, -0.25) is 4.79 Å². The van der Waals surface area contributed by atoms with Gasteiger partial charge in [-0.1, -0.05) is 18.2 Å². The number of anilines is 1. The molecule has 4 heteroatoms. The van der Waals surface area contributed by atoms with Crippen molar-refractivity contribution in [3.8, 4) is 6.07 Å². The molecule has 2 rings (SSSR count). The molecule has 1 aromatic heterocycles. The summed E-state index contributed by atoms with van der Waals surface area (Å²) in [5.41, 5.74) is 0.788. The van der Waals surface area contributed by atoms with Gasteiger partial charge in [0, 0.05) is 15.5 Å². The molecule has 0 fully saturated rings. The summed E-state index contributed by atoms with van der Waals surface area (Å²) < 4.78 is 1.13. The average molecular weight is 216 g/mol. The summed E-state index contributed by atoms with van der Waals surface area (Å²) in [4.78, 5) is 11.2. The fourth-order valence-corrected chi connectivity index (χ4v) is 2.23. The van der Waals surface area contributed by atoms with Crippen molar-refractivity contribution < 1.29 is 4.79 Å². The zero-order valence-corrected chi connectivity index (χ0v) is 8.67. The Balaban J connectivity index is 2.29. The Labute approximate surface area is 91.0 Å². The van der Waals surface area contributed by atoms with Crippen LogP contribution in [0.2, 0.25) is 0 Å². The van der Waals surface area contributed by atoms with Crippen LogP contribution in [-0.4, -0.2) is 5.91 Å². The number of thiophene rings is 1. The molecule has 1 heterocycles. The summed E-state index contributed by atoms with van der Waals surface area (Å²) in [5.74, 6) is -0.263. The van der Waals surface area contributed by atoms with Crippen molar-refractivity contribution in [1.82, 2.24) is 0 Å². The quantitative estimate of drug-likeness (QED) is 0.839. The van der Waals surface area contributed by atoms with E-state index in [2.05, 4.69) is 5.32 Å². The fourth-order valence-electron chi connectivity index (χ4n) is 1.34. The van der Waals surface area contributed by atoms with Crippen molar-refractivity contribution in [3.63, 3.8) is 0 Å². The smallest absolute Gasteiger partial charge is 0.238 e. The lowest BCUT2D eigenvalue weighted by Gasteiger charge is -1.99. The third-order valence-electron chi connectivity index (χ3n) is 1.99. The number of benzene rings is 1. The summed E-state index contributed by atoms with van der Waals surface area (Å²) in [6.45, 7) is 0. The Morgan fingerprint density at radius 2 is 2.27 bits per heavy atom. The molecule has 15 heavy (non-hydrogen) atoms. The van der Waals surface area contributed by atoms with Gasteiger partial charge in [0.1, 0.15) is 6.42 Å². The molecule has 0 saturated carbocycles. The number of hydrogen-bond acceptors (Lipinski definition) is 3. The number of amides is 1. The van der Waals surface area contributed by atoms with Crippen LogP contribution in [0.4, 0.5) is 5.69 Å². The molecule has 0 bridgehead atoms. The van der Waals surface area contributed by atoms with Crippen LogP contribution < -0.4 is 5.32 Å². The van der Waals surface area contributed by atoms with Crippen molar-refractivity contribution in [2.75, 3.05) is 5.32 Å². The number of carbonyl (C=O) groups excluding carboxylic acids is 1. The molecular weight excluding hydrogens is 208 g/mol. The van der Waals surface area contributed by atoms with Crippen molar-refractivity contribution in [2.45, 2.75) is 6.42 Å². The molecule has 0 aliphatic rings. The molecule has 0 aliphatic heterocycles.